The molecule has 2 rings (SSSR count). The molecule has 1 aromatic rings. The number of imide groups is 1. The Labute approximate surface area is 370 Å². The van der Waals surface area contributed by atoms with Gasteiger partial charge in [-0.1, -0.05) is 218 Å². The summed E-state index contributed by atoms with van der Waals surface area (Å²) in [5, 5.41) is 32.8. The van der Waals surface area contributed by atoms with E-state index < -0.39 is 55.7 Å². The molecule has 11 nitrogen and oxygen atoms in total. The number of carbonyl (C=O) groups is 3. The van der Waals surface area contributed by atoms with Crippen LogP contribution in [0.5, 0.6) is 0 Å². The molecule has 5 atom stereocenters. The molecule has 0 bridgehead atoms. The zero-order valence-electron chi connectivity index (χ0n) is 38.7. The molecule has 61 heavy (non-hydrogen) atoms. The Balaban J connectivity index is 2.04. The van der Waals surface area contributed by atoms with Crippen LogP contribution in [0.1, 0.15) is 212 Å². The van der Waals surface area contributed by atoms with Crippen molar-refractivity contribution in [1.29, 1.82) is 0 Å². The van der Waals surface area contributed by atoms with Gasteiger partial charge in [-0.3, -0.25) is 9.59 Å². The van der Waals surface area contributed by atoms with Crippen molar-refractivity contribution in [3.8, 4) is 0 Å². The Morgan fingerprint density at radius 2 is 1.03 bits per heavy atom. The van der Waals surface area contributed by atoms with E-state index in [2.05, 4.69) is 13.8 Å². The molecule has 1 heterocycles. The summed E-state index contributed by atoms with van der Waals surface area (Å²) >= 11 is 0. The number of nitrogens with zero attached hydrogens (tertiary/aromatic N) is 2. The summed E-state index contributed by atoms with van der Waals surface area (Å²) in [5.74, 6) is -1.07. The third-order valence-electron chi connectivity index (χ3n) is 12.4. The van der Waals surface area contributed by atoms with Crippen LogP contribution < -0.4 is 5.73 Å². The van der Waals surface area contributed by atoms with Crippen molar-refractivity contribution in [2.45, 2.75) is 244 Å². The molecule has 11 heteroatoms. The van der Waals surface area contributed by atoms with Gasteiger partial charge >= 0.3 is 6.09 Å². The van der Waals surface area contributed by atoms with Gasteiger partial charge in [0, 0.05) is 13.0 Å². The third kappa shape index (κ3) is 23.1. The molecule has 1 saturated heterocycles. The normalized spacial score (nSPS) is 18.9. The summed E-state index contributed by atoms with van der Waals surface area (Å²) in [5.41, 5.74) is 6.49. The molecule has 0 saturated carbocycles. The molecule has 0 aromatic heterocycles. The van der Waals surface area contributed by atoms with E-state index in [1.54, 1.807) is 24.3 Å². The van der Waals surface area contributed by atoms with Gasteiger partial charge in [-0.15, -0.1) is 0 Å². The Hall–Kier alpha value is -2.57. The topological polar surface area (TPSA) is 163 Å². The molecular weight excluding hydrogens is 771 g/mol. The fourth-order valence-corrected chi connectivity index (χ4v) is 8.56. The number of hydrogen-bond donors (Lipinski definition) is 4. The minimum atomic E-state index is -1.74. The van der Waals surface area contributed by atoms with Crippen LogP contribution in [-0.2, 0) is 25.7 Å². The number of aliphatic hydroxyl groups excluding tert-OH is 3. The van der Waals surface area contributed by atoms with Crippen LogP contribution in [-0.4, -0.2) is 93.3 Å². The lowest BCUT2D eigenvalue weighted by Crippen LogP contribution is -2.70. The smallest absolute Gasteiger partial charge is 0.417 e. The van der Waals surface area contributed by atoms with Gasteiger partial charge in [0.15, 0.2) is 6.23 Å². The molecule has 5 N–H and O–H groups in total. The standard InChI is InChI=1S/C50H89N3O8/c1-3-5-7-9-11-13-15-17-19-20-22-24-26-28-33-37-44(55)52(38-34-29-27-25-23-21-18-16-14-12-10-8-6-4-2)49-46(48(58)47(57)43(40-54)61-49)53(45(56)39-51)50(59)60-41-42-35-31-30-32-36-42/h30-32,35-36,43,46-49,54,57-58H,3-29,33-34,37-41,51H2,1-2H3/t43-,46-,47-,48-,49-/m1/s1. The maximum absolute atomic E-state index is 14.2. The first-order valence-electron chi connectivity index (χ1n) is 24.9. The van der Waals surface area contributed by atoms with Crippen molar-refractivity contribution in [3.63, 3.8) is 0 Å². The van der Waals surface area contributed by atoms with Crippen molar-refractivity contribution in [2.75, 3.05) is 19.7 Å². The van der Waals surface area contributed by atoms with E-state index in [-0.39, 0.29) is 25.5 Å². The van der Waals surface area contributed by atoms with Crippen LogP contribution in [0.3, 0.4) is 0 Å². The molecule has 0 radical (unpaired) electrons. The minimum absolute atomic E-state index is 0.148. The molecule has 0 unspecified atom stereocenters. The highest BCUT2D eigenvalue weighted by atomic mass is 16.6. The Morgan fingerprint density at radius 3 is 1.46 bits per heavy atom. The summed E-state index contributed by atoms with van der Waals surface area (Å²) in [6.45, 7) is 3.41. The first-order chi connectivity index (χ1) is 29.8. The third-order valence-corrected chi connectivity index (χ3v) is 12.4. The van der Waals surface area contributed by atoms with Crippen molar-refractivity contribution in [1.82, 2.24) is 9.80 Å². The van der Waals surface area contributed by atoms with E-state index >= 15 is 0 Å². The van der Waals surface area contributed by atoms with Gasteiger partial charge in [0.05, 0.1) is 13.2 Å². The summed E-state index contributed by atoms with van der Waals surface area (Å²) in [6.07, 6.45) is 28.0. The van der Waals surface area contributed by atoms with E-state index in [1.165, 1.54) is 140 Å². The van der Waals surface area contributed by atoms with Crippen LogP contribution in [0.15, 0.2) is 30.3 Å². The van der Waals surface area contributed by atoms with Crippen molar-refractivity contribution in [3.05, 3.63) is 35.9 Å². The van der Waals surface area contributed by atoms with Crippen LogP contribution in [0, 0.1) is 0 Å². The molecule has 1 aromatic carbocycles. The van der Waals surface area contributed by atoms with E-state index in [9.17, 15) is 29.7 Å². The molecule has 1 fully saturated rings. The summed E-state index contributed by atoms with van der Waals surface area (Å²) < 4.78 is 11.8. The highest BCUT2D eigenvalue weighted by Gasteiger charge is 2.53. The van der Waals surface area contributed by atoms with E-state index in [1.807, 2.05) is 6.07 Å². The second-order valence-electron chi connectivity index (χ2n) is 17.6. The zero-order chi connectivity index (χ0) is 44.3. The average Bonchev–Trinajstić information content (AvgIpc) is 3.27. The maximum Gasteiger partial charge on any atom is 0.417 e. The molecule has 1 aliphatic heterocycles. The lowest BCUT2D eigenvalue weighted by molar-refractivity contribution is -0.244. The fourth-order valence-electron chi connectivity index (χ4n) is 8.56. The first-order valence-corrected chi connectivity index (χ1v) is 24.9. The summed E-state index contributed by atoms with van der Waals surface area (Å²) in [7, 11) is 0. The lowest BCUT2D eigenvalue weighted by atomic mass is 9.93. The minimum Gasteiger partial charge on any atom is -0.444 e. The van der Waals surface area contributed by atoms with Crippen LogP contribution in [0.25, 0.3) is 0 Å². The van der Waals surface area contributed by atoms with Crippen molar-refractivity contribution >= 4 is 17.9 Å². The lowest BCUT2D eigenvalue weighted by Gasteiger charge is -2.49. The van der Waals surface area contributed by atoms with Gasteiger partial charge < -0.3 is 35.4 Å². The van der Waals surface area contributed by atoms with E-state index in [0.717, 1.165) is 38.5 Å². The number of ether oxygens (including phenoxy) is 2. The fraction of sp³-hybridized carbons (Fsp3) is 0.820. The van der Waals surface area contributed by atoms with Crippen molar-refractivity contribution < 1.29 is 39.2 Å². The molecule has 3 amide bonds. The predicted molar refractivity (Wildman–Crippen MR) is 246 cm³/mol. The van der Waals surface area contributed by atoms with Crippen molar-refractivity contribution in [2.24, 2.45) is 5.73 Å². The van der Waals surface area contributed by atoms with Crippen LogP contribution in [0.4, 0.5) is 4.79 Å². The second kappa shape index (κ2) is 35.8. The molecule has 0 aliphatic carbocycles. The molecule has 352 valence electrons. The van der Waals surface area contributed by atoms with Crippen LogP contribution >= 0.6 is 0 Å². The van der Waals surface area contributed by atoms with Gasteiger partial charge in [0.25, 0.3) is 0 Å². The number of unbranched alkanes of at least 4 members (excludes halogenated alkanes) is 27. The van der Waals surface area contributed by atoms with Gasteiger partial charge in [-0.05, 0) is 18.4 Å². The van der Waals surface area contributed by atoms with E-state index in [4.69, 9.17) is 15.2 Å². The van der Waals surface area contributed by atoms with Gasteiger partial charge in [-0.25, -0.2) is 9.69 Å². The number of benzene rings is 1. The number of rotatable bonds is 37. The molecule has 0 spiro atoms. The SMILES string of the molecule is CCCCCCCCCCCCCCCCCC(=O)N(CCCCCCCCCCCCCCCC)[C@@H]1O[C@H](CO)[C@@H](O)[C@H](O)[C@H]1N(C(=O)CN)C(=O)OCc1ccccc1. The Morgan fingerprint density at radius 1 is 0.607 bits per heavy atom. The number of hydrogen-bond acceptors (Lipinski definition) is 9. The Kier molecular flexibility index (Phi) is 32.1. The second-order valence-corrected chi connectivity index (χ2v) is 17.6. The molecular formula is C50H89N3O8. The monoisotopic (exact) mass is 860 g/mol. The summed E-state index contributed by atoms with van der Waals surface area (Å²) in [4.78, 5) is 43.6. The van der Waals surface area contributed by atoms with E-state index in [0.29, 0.717) is 23.3 Å². The number of carbonyl (C=O) groups excluding carboxylic acids is 3. The quantitative estimate of drug-likeness (QED) is 0.0477. The number of aliphatic hydroxyl groups is 3. The highest BCUT2D eigenvalue weighted by Crippen LogP contribution is 2.30. The molecule has 1 aliphatic rings. The average molecular weight is 860 g/mol. The number of nitrogens with two attached hydrogens (primary N) is 1. The van der Waals surface area contributed by atoms with Crippen LogP contribution in [0.2, 0.25) is 0 Å². The van der Waals surface area contributed by atoms with Gasteiger partial charge in [-0.2, -0.15) is 0 Å². The largest absolute Gasteiger partial charge is 0.444 e. The number of amides is 3. The van der Waals surface area contributed by atoms with Gasteiger partial charge in [0.1, 0.15) is 31.0 Å². The highest BCUT2D eigenvalue weighted by molar-refractivity contribution is 5.93. The zero-order valence-corrected chi connectivity index (χ0v) is 38.7. The Bertz CT molecular complexity index is 1240. The maximum atomic E-state index is 14.2. The first kappa shape index (κ1) is 54.6. The summed E-state index contributed by atoms with van der Waals surface area (Å²) in [6, 6.07) is 7.45. The predicted octanol–water partition coefficient (Wildman–Crippen LogP) is 10.5. The van der Waals surface area contributed by atoms with Gasteiger partial charge in [0.2, 0.25) is 11.8 Å².